The predicted molar refractivity (Wildman–Crippen MR) is 197 cm³/mol. The van der Waals surface area contributed by atoms with Crippen LogP contribution in [0.1, 0.15) is 55.4 Å². The van der Waals surface area contributed by atoms with E-state index in [0.29, 0.717) is 39.3 Å². The van der Waals surface area contributed by atoms with Crippen LogP contribution in [0.4, 0.5) is 0 Å². The second-order valence-corrected chi connectivity index (χ2v) is 9.86. The van der Waals surface area contributed by atoms with Crippen LogP contribution in [0.2, 0.25) is 0 Å². The Bertz CT molecular complexity index is 964. The largest absolute Gasteiger partial charge is 3.00 e. The van der Waals surface area contributed by atoms with Crippen LogP contribution in [0.15, 0.2) is 47.3 Å². The SMILES string of the molecule is CC(=O)/C=C(/C)[O-].CC(=O)/C=C(/C)[O-].CC(=O)/C=C(/C)[O-].CC(=O)/C=C(/C)[O-].C[O-].C[O-].O=[N+]([O-])[O-].O=[N+]([O-])[O-].[Co+3].[Co+3].[Dy+3].[Dy+3].[O-]CCN(CC[O-])CCO.[O-]CCN(CC[O-])CCO. The molecule has 30 heteroatoms. The molecular formula is C34H60Co2Dy2N4O22. The van der Waals surface area contributed by atoms with E-state index in [9.17, 15) is 60.0 Å². The zero-order chi connectivity index (χ0) is 50.2. The van der Waals surface area contributed by atoms with Crippen molar-refractivity contribution in [3.8, 4) is 0 Å². The van der Waals surface area contributed by atoms with Gasteiger partial charge in [-0.05, 0) is 78.2 Å². The van der Waals surface area contributed by atoms with Gasteiger partial charge in [-0.3, -0.25) is 19.2 Å². The average Bonchev–Trinajstić information content (AvgIpc) is 3.06. The first kappa shape index (κ1) is 100. The molecule has 0 aromatic heterocycles. The van der Waals surface area contributed by atoms with Crippen LogP contribution in [0.25, 0.3) is 0 Å². The molecule has 0 aliphatic heterocycles. The van der Waals surface area contributed by atoms with Gasteiger partial charge in [-0.2, -0.15) is 14.2 Å². The van der Waals surface area contributed by atoms with Crippen LogP contribution in [0.3, 0.4) is 0 Å². The summed E-state index contributed by atoms with van der Waals surface area (Å²) in [4.78, 5) is 59.7. The Morgan fingerprint density at radius 3 is 0.594 bits per heavy atom. The summed E-state index contributed by atoms with van der Waals surface area (Å²) in [5.41, 5.74) is 0. The van der Waals surface area contributed by atoms with Crippen LogP contribution in [-0.4, -0.2) is 146 Å². The summed E-state index contributed by atoms with van der Waals surface area (Å²) in [6.07, 6.45) is 4.22. The molecule has 0 aromatic rings. The van der Waals surface area contributed by atoms with Crippen LogP contribution in [0.5, 0.6) is 0 Å². The van der Waals surface area contributed by atoms with Crippen molar-refractivity contribution in [1.82, 2.24) is 9.80 Å². The molecule has 0 aromatic carbocycles. The summed E-state index contributed by atoms with van der Waals surface area (Å²) in [6.45, 7) is 12.3. The maximum absolute atomic E-state index is 10.1. The monoisotopic (exact) mass is 1320 g/mol. The number of hydrogen-bond acceptors (Lipinski definition) is 24. The zero-order valence-corrected chi connectivity index (χ0v) is 43.1. The number of aliphatic hydroxyl groups excluding tert-OH is 2. The van der Waals surface area contributed by atoms with Crippen LogP contribution in [0, 0.1) is 107 Å². The van der Waals surface area contributed by atoms with Crippen molar-refractivity contribution >= 4 is 23.1 Å². The molecular weight excluding hydrogens is 1260 g/mol. The maximum atomic E-state index is 10.1. The summed E-state index contributed by atoms with van der Waals surface area (Å²) in [5, 5.41) is 143. The number of nitrogens with zero attached hydrogens (tertiary/aromatic N) is 4. The topological polar surface area (TPSA) is 478 Å². The van der Waals surface area contributed by atoms with Crippen molar-refractivity contribution in [2.45, 2.75) is 55.4 Å². The van der Waals surface area contributed by atoms with Gasteiger partial charge in [-0.1, -0.05) is 27.7 Å². The van der Waals surface area contributed by atoms with Gasteiger partial charge in [-0.25, -0.2) is 0 Å². The molecule has 0 atom stereocenters. The molecule has 0 amide bonds. The molecule has 0 spiro atoms. The van der Waals surface area contributed by atoms with Gasteiger partial charge in [0, 0.05) is 13.1 Å². The minimum absolute atomic E-state index is 0. The van der Waals surface area contributed by atoms with Crippen molar-refractivity contribution < 1.29 is 201 Å². The van der Waals surface area contributed by atoms with Gasteiger partial charge in [0.1, 0.15) is 0 Å². The fourth-order valence-corrected chi connectivity index (χ4v) is 2.62. The molecule has 0 rings (SSSR count). The molecule has 0 heterocycles. The third kappa shape index (κ3) is 203. The van der Waals surface area contributed by atoms with Crippen molar-refractivity contribution in [3.05, 3.63) is 78.0 Å². The van der Waals surface area contributed by atoms with Crippen LogP contribution < -0.4 is 51.1 Å². The van der Waals surface area contributed by atoms with E-state index in [1.807, 2.05) is 0 Å². The van der Waals surface area contributed by atoms with E-state index in [-0.39, 0.29) is 196 Å². The molecule has 26 nitrogen and oxygen atoms in total. The van der Waals surface area contributed by atoms with Crippen LogP contribution in [-0.2, 0) is 52.7 Å². The first-order valence-electron chi connectivity index (χ1n) is 16.5. The Labute approximate surface area is 455 Å². The minimum atomic E-state index is -1.75. The number of hydrogen-bond donors (Lipinski definition) is 2. The van der Waals surface area contributed by atoms with Gasteiger partial charge in [-0.15, -0.1) is 49.5 Å². The molecule has 0 saturated heterocycles. The number of carbonyl (C=O) groups excluding carboxylic acids is 4. The Morgan fingerprint density at radius 2 is 0.547 bits per heavy atom. The molecule has 64 heavy (non-hydrogen) atoms. The Kier molecular flexibility index (Phi) is 138. The Morgan fingerprint density at radius 1 is 0.422 bits per heavy atom. The molecule has 0 saturated carbocycles. The molecule has 0 aliphatic rings. The van der Waals surface area contributed by atoms with Gasteiger partial charge in [0.05, 0.1) is 23.4 Å². The number of allylic oxidation sites excluding steroid dienone is 8. The van der Waals surface area contributed by atoms with Crippen molar-refractivity contribution in [1.29, 1.82) is 0 Å². The van der Waals surface area contributed by atoms with Crippen molar-refractivity contribution in [2.75, 3.05) is 93.1 Å². The Balaban J connectivity index is -0.0000000369. The molecule has 2 N–H and O–H groups in total. The molecule has 386 valence electrons. The van der Waals surface area contributed by atoms with Gasteiger partial charge in [0.25, 0.3) is 0 Å². The molecule has 0 fully saturated rings. The second-order valence-electron chi connectivity index (χ2n) is 9.86. The summed E-state index contributed by atoms with van der Waals surface area (Å²) < 4.78 is 0. The summed E-state index contributed by atoms with van der Waals surface area (Å²) in [7, 11) is 1.50. The third-order valence-electron chi connectivity index (χ3n) is 4.09. The molecule has 0 unspecified atom stereocenters. The predicted octanol–water partition coefficient (Wildman–Crippen LogP) is -9.17. The number of ketones is 4. The van der Waals surface area contributed by atoms with Crippen LogP contribution >= 0.6 is 0 Å². The first-order chi connectivity index (χ1) is 27.7. The fourth-order valence-electron chi connectivity index (χ4n) is 2.62. The van der Waals surface area contributed by atoms with E-state index in [0.717, 1.165) is 38.5 Å². The standard InChI is InChI=1S/2C6H13NO3.4C5H8O2.2CH3O.2Co.2Dy.2NO3/c2*8-4-1-7(2-5-9)3-6-10;4*1-4(6)3-5(2)7;2*1-2;;;;;2*2-1(3)4/h2*8H,1-6H2;4*3,6H,1-2H3;2*1H3;;;;;;/q2*-2;;;;;2*-1;4*+3;2*-1/p-4/b;;4*4-3-;;;;;;;;. The molecule has 0 aliphatic carbocycles. The van der Waals surface area contributed by atoms with E-state index in [2.05, 4.69) is 0 Å². The maximum Gasteiger partial charge on any atom is 3.00 e. The van der Waals surface area contributed by atoms with E-state index in [4.69, 9.17) is 51.1 Å². The van der Waals surface area contributed by atoms with E-state index < -0.39 is 10.2 Å². The average molecular weight is 1320 g/mol. The molecule has 2 radical (unpaired) electrons. The second kappa shape index (κ2) is 88.2. The van der Waals surface area contributed by atoms with E-state index >= 15 is 0 Å². The van der Waals surface area contributed by atoms with Crippen molar-refractivity contribution in [2.24, 2.45) is 0 Å². The zero-order valence-electron chi connectivity index (χ0n) is 36.9. The van der Waals surface area contributed by atoms with Gasteiger partial charge < -0.3 is 102 Å². The van der Waals surface area contributed by atoms with E-state index in [1.54, 1.807) is 9.80 Å². The molecule has 0 bridgehead atoms. The minimum Gasteiger partial charge on any atom is -0.876 e. The Hall–Kier alpha value is -1.60. The summed E-state index contributed by atoms with van der Waals surface area (Å²) in [6, 6.07) is 0. The third-order valence-corrected chi connectivity index (χ3v) is 4.09. The smallest absolute Gasteiger partial charge is 0.876 e. The fraction of sp³-hybridized carbons (Fsp3) is 0.647. The van der Waals surface area contributed by atoms with Crippen molar-refractivity contribution in [3.63, 3.8) is 0 Å². The number of carbonyl (C=O) groups is 4. The normalized spacial score (nSPS) is 9.31. The summed E-state index contributed by atoms with van der Waals surface area (Å²) in [5.74, 6) is -1.50. The summed E-state index contributed by atoms with van der Waals surface area (Å²) >= 11 is 0. The van der Waals surface area contributed by atoms with E-state index in [1.165, 1.54) is 55.4 Å². The number of aliphatic hydroxyl groups is 2. The quantitative estimate of drug-likeness (QED) is 0.0627. The van der Waals surface area contributed by atoms with Gasteiger partial charge >= 0.3 is 110 Å². The number of rotatable bonds is 16. The van der Waals surface area contributed by atoms with Gasteiger partial charge in [0.2, 0.25) is 0 Å². The van der Waals surface area contributed by atoms with Gasteiger partial charge in [0.15, 0.2) is 23.1 Å². The first-order valence-corrected chi connectivity index (χ1v) is 16.5.